The van der Waals surface area contributed by atoms with E-state index in [2.05, 4.69) is 29.2 Å². The number of aryl methyl sites for hydroxylation is 3. The normalized spacial score (nSPS) is 25.1. The largest absolute Gasteiger partial charge is 0.367 e. The second-order valence-corrected chi connectivity index (χ2v) is 7.65. The van der Waals surface area contributed by atoms with E-state index in [0.717, 1.165) is 51.2 Å². The molecule has 0 radical (unpaired) electrons. The lowest BCUT2D eigenvalue weighted by Crippen LogP contribution is -2.49. The van der Waals surface area contributed by atoms with Gasteiger partial charge in [0, 0.05) is 17.8 Å². The summed E-state index contributed by atoms with van der Waals surface area (Å²) in [6.07, 6.45) is 6.92. The van der Waals surface area contributed by atoms with Crippen LogP contribution in [0.25, 0.3) is 0 Å². The van der Waals surface area contributed by atoms with Crippen molar-refractivity contribution >= 4 is 5.82 Å². The van der Waals surface area contributed by atoms with E-state index in [0.29, 0.717) is 0 Å². The van der Waals surface area contributed by atoms with Gasteiger partial charge in [-0.05, 0) is 56.6 Å². The summed E-state index contributed by atoms with van der Waals surface area (Å²) in [5.74, 6) is 2.08. The minimum Gasteiger partial charge on any atom is -0.367 e. The van der Waals surface area contributed by atoms with Gasteiger partial charge in [0.05, 0.1) is 13.2 Å². The third kappa shape index (κ3) is 2.46. The van der Waals surface area contributed by atoms with Crippen molar-refractivity contribution in [2.45, 2.75) is 51.0 Å². The van der Waals surface area contributed by atoms with Gasteiger partial charge in [-0.25, -0.2) is 9.97 Å². The predicted octanol–water partition coefficient (Wildman–Crippen LogP) is 3.34. The molecule has 2 aromatic rings. The molecule has 1 aromatic heterocycles. The van der Waals surface area contributed by atoms with E-state index in [1.54, 1.807) is 0 Å². The van der Waals surface area contributed by atoms with Crippen LogP contribution in [0, 0.1) is 6.92 Å². The first-order valence-electron chi connectivity index (χ1n) is 9.59. The molecule has 2 heterocycles. The standard InChI is InChI=1S/C21H25N3O/c1-15-22-19-9-5-3-7-17(19)20(23-15)24-12-13-25-21(14-24)11-10-16-6-2-4-8-18(16)21/h2,4,6,8H,3,5,7,9-14H2,1H3. The third-order valence-electron chi connectivity index (χ3n) is 6.06. The van der Waals surface area contributed by atoms with Crippen LogP contribution in [-0.2, 0) is 29.6 Å². The molecule has 1 aliphatic heterocycles. The van der Waals surface area contributed by atoms with Crippen LogP contribution in [-0.4, -0.2) is 29.7 Å². The predicted molar refractivity (Wildman–Crippen MR) is 98.0 cm³/mol. The van der Waals surface area contributed by atoms with Crippen LogP contribution in [0.3, 0.4) is 0 Å². The van der Waals surface area contributed by atoms with Gasteiger partial charge in [0.15, 0.2) is 0 Å². The number of ether oxygens (including phenoxy) is 1. The van der Waals surface area contributed by atoms with E-state index in [1.807, 2.05) is 6.92 Å². The van der Waals surface area contributed by atoms with E-state index < -0.39 is 0 Å². The van der Waals surface area contributed by atoms with E-state index in [-0.39, 0.29) is 5.60 Å². The molecule has 25 heavy (non-hydrogen) atoms. The molecule has 1 fully saturated rings. The van der Waals surface area contributed by atoms with Crippen molar-refractivity contribution in [2.75, 3.05) is 24.6 Å². The fraction of sp³-hybridized carbons (Fsp3) is 0.524. The lowest BCUT2D eigenvalue weighted by Gasteiger charge is -2.42. The van der Waals surface area contributed by atoms with Gasteiger partial charge in [-0.15, -0.1) is 0 Å². The molecule has 1 saturated heterocycles. The van der Waals surface area contributed by atoms with Gasteiger partial charge in [-0.1, -0.05) is 24.3 Å². The van der Waals surface area contributed by atoms with Crippen LogP contribution in [0.4, 0.5) is 5.82 Å². The number of fused-ring (bicyclic) bond motifs is 3. The van der Waals surface area contributed by atoms with Crippen LogP contribution in [0.15, 0.2) is 24.3 Å². The Morgan fingerprint density at radius 2 is 1.96 bits per heavy atom. The molecule has 1 spiro atoms. The molecular formula is C21H25N3O. The summed E-state index contributed by atoms with van der Waals surface area (Å²) in [5.41, 5.74) is 5.35. The van der Waals surface area contributed by atoms with Crippen molar-refractivity contribution in [1.82, 2.24) is 9.97 Å². The number of anilines is 1. The molecule has 2 aliphatic carbocycles. The molecule has 4 nitrogen and oxygen atoms in total. The fourth-order valence-electron chi connectivity index (χ4n) is 4.89. The van der Waals surface area contributed by atoms with Crippen molar-refractivity contribution in [2.24, 2.45) is 0 Å². The summed E-state index contributed by atoms with van der Waals surface area (Å²) in [5, 5.41) is 0. The Morgan fingerprint density at radius 3 is 2.92 bits per heavy atom. The second-order valence-electron chi connectivity index (χ2n) is 7.65. The van der Waals surface area contributed by atoms with Crippen LogP contribution in [0.1, 0.15) is 47.5 Å². The fourth-order valence-corrected chi connectivity index (χ4v) is 4.89. The van der Waals surface area contributed by atoms with Crippen molar-refractivity contribution in [3.63, 3.8) is 0 Å². The van der Waals surface area contributed by atoms with Gasteiger partial charge < -0.3 is 9.64 Å². The van der Waals surface area contributed by atoms with E-state index >= 15 is 0 Å². The van der Waals surface area contributed by atoms with Gasteiger partial charge in [-0.3, -0.25) is 0 Å². The Morgan fingerprint density at radius 1 is 1.08 bits per heavy atom. The van der Waals surface area contributed by atoms with Gasteiger partial charge in [0.1, 0.15) is 17.2 Å². The zero-order valence-corrected chi connectivity index (χ0v) is 14.9. The zero-order chi connectivity index (χ0) is 16.9. The number of rotatable bonds is 1. The summed E-state index contributed by atoms with van der Waals surface area (Å²) in [6, 6.07) is 8.79. The summed E-state index contributed by atoms with van der Waals surface area (Å²) in [6.45, 7) is 4.63. The van der Waals surface area contributed by atoms with Gasteiger partial charge in [0.2, 0.25) is 0 Å². The summed E-state index contributed by atoms with van der Waals surface area (Å²) >= 11 is 0. The van der Waals surface area contributed by atoms with E-state index in [4.69, 9.17) is 14.7 Å². The number of nitrogens with zero attached hydrogens (tertiary/aromatic N) is 3. The molecule has 1 atom stereocenters. The lowest BCUT2D eigenvalue weighted by molar-refractivity contribution is -0.0594. The summed E-state index contributed by atoms with van der Waals surface area (Å²) in [7, 11) is 0. The number of morpholine rings is 1. The van der Waals surface area contributed by atoms with Crippen molar-refractivity contribution < 1.29 is 4.74 Å². The average Bonchev–Trinajstić information content (AvgIpc) is 2.99. The highest BCUT2D eigenvalue weighted by Crippen LogP contribution is 2.43. The molecule has 130 valence electrons. The second kappa shape index (κ2) is 5.80. The van der Waals surface area contributed by atoms with Gasteiger partial charge in [-0.2, -0.15) is 0 Å². The maximum absolute atomic E-state index is 6.39. The Hall–Kier alpha value is -1.94. The molecule has 3 aliphatic rings. The zero-order valence-electron chi connectivity index (χ0n) is 14.9. The molecule has 0 N–H and O–H groups in total. The van der Waals surface area contributed by atoms with Crippen LogP contribution < -0.4 is 4.90 Å². The van der Waals surface area contributed by atoms with Gasteiger partial charge >= 0.3 is 0 Å². The van der Waals surface area contributed by atoms with E-state index in [9.17, 15) is 0 Å². The quantitative estimate of drug-likeness (QED) is 0.801. The molecule has 0 saturated carbocycles. The maximum atomic E-state index is 6.39. The highest BCUT2D eigenvalue weighted by Gasteiger charge is 2.44. The Labute approximate surface area is 149 Å². The molecule has 0 bridgehead atoms. The summed E-state index contributed by atoms with van der Waals surface area (Å²) < 4.78 is 6.39. The first-order chi connectivity index (χ1) is 12.3. The number of aromatic nitrogens is 2. The van der Waals surface area contributed by atoms with Crippen molar-refractivity contribution in [1.29, 1.82) is 0 Å². The number of hydrogen-bond donors (Lipinski definition) is 0. The van der Waals surface area contributed by atoms with Gasteiger partial charge in [0.25, 0.3) is 0 Å². The first kappa shape index (κ1) is 15.3. The minimum absolute atomic E-state index is 0.157. The van der Waals surface area contributed by atoms with Crippen LogP contribution >= 0.6 is 0 Å². The molecule has 5 rings (SSSR count). The highest BCUT2D eigenvalue weighted by atomic mass is 16.5. The maximum Gasteiger partial charge on any atom is 0.135 e. The van der Waals surface area contributed by atoms with Crippen molar-refractivity contribution in [3.8, 4) is 0 Å². The highest BCUT2D eigenvalue weighted by molar-refractivity contribution is 5.52. The SMILES string of the molecule is Cc1nc2c(c(N3CCOC4(CCc5ccccc54)C3)n1)CCCC2. The number of hydrogen-bond acceptors (Lipinski definition) is 4. The molecular weight excluding hydrogens is 310 g/mol. The Kier molecular flexibility index (Phi) is 3.56. The molecule has 4 heteroatoms. The monoisotopic (exact) mass is 335 g/mol. The van der Waals surface area contributed by atoms with Crippen LogP contribution in [0.5, 0.6) is 0 Å². The molecule has 1 unspecified atom stereocenters. The third-order valence-corrected chi connectivity index (χ3v) is 6.06. The molecule has 1 aromatic carbocycles. The topological polar surface area (TPSA) is 38.2 Å². The Bertz CT molecular complexity index is 815. The number of benzene rings is 1. The average molecular weight is 335 g/mol. The summed E-state index contributed by atoms with van der Waals surface area (Å²) in [4.78, 5) is 12.1. The first-order valence-corrected chi connectivity index (χ1v) is 9.59. The van der Waals surface area contributed by atoms with E-state index in [1.165, 1.54) is 41.0 Å². The molecule has 0 amide bonds. The minimum atomic E-state index is -0.157. The van der Waals surface area contributed by atoms with Crippen molar-refractivity contribution in [3.05, 3.63) is 52.5 Å². The Balaban J connectivity index is 1.53. The smallest absolute Gasteiger partial charge is 0.135 e. The lowest BCUT2D eigenvalue weighted by atomic mass is 9.92. The van der Waals surface area contributed by atoms with Crippen LogP contribution in [0.2, 0.25) is 0 Å².